The second-order valence-corrected chi connectivity index (χ2v) is 5.24. The lowest BCUT2D eigenvalue weighted by atomic mass is 10.1. The Morgan fingerprint density at radius 3 is 2.69 bits per heavy atom. The number of carboxylic acid groups (broad SMARTS) is 1. The number of aliphatic carboxylic acids is 1. The van der Waals surface area contributed by atoms with E-state index < -0.39 is 24.2 Å². The van der Waals surface area contributed by atoms with Crippen molar-refractivity contribution >= 4 is 17.9 Å². The summed E-state index contributed by atoms with van der Waals surface area (Å²) in [5.74, 6) is -1.97. The summed E-state index contributed by atoms with van der Waals surface area (Å²) in [6.45, 7) is 3.14. The summed E-state index contributed by atoms with van der Waals surface area (Å²) in [5, 5.41) is 8.80. The van der Waals surface area contributed by atoms with Crippen molar-refractivity contribution in [1.29, 1.82) is 0 Å². The number of hydrogen-bond donors (Lipinski definition) is 1. The average molecular weight is 361 g/mol. The molecule has 0 atom stereocenters. The molecule has 0 fully saturated rings. The molecule has 0 radical (unpaired) electrons. The van der Waals surface area contributed by atoms with Crippen molar-refractivity contribution in [3.05, 3.63) is 65.7 Å². The molecule has 2 aromatic rings. The van der Waals surface area contributed by atoms with Gasteiger partial charge in [-0.3, -0.25) is 4.99 Å². The first-order valence-electron chi connectivity index (χ1n) is 7.60. The first-order valence-corrected chi connectivity index (χ1v) is 7.60. The minimum atomic E-state index is -1.12. The zero-order valence-corrected chi connectivity index (χ0v) is 14.0. The molecule has 0 bridgehead atoms. The maximum Gasteiger partial charge on any atom is 0.341 e. The maximum atomic E-state index is 13.7. The molecule has 0 aliphatic rings. The Labute approximate surface area is 149 Å². The fourth-order valence-corrected chi connectivity index (χ4v) is 2.24. The summed E-state index contributed by atoms with van der Waals surface area (Å²) in [6, 6.07) is 6.37. The molecule has 0 saturated carbocycles. The van der Waals surface area contributed by atoms with E-state index in [1.54, 1.807) is 18.2 Å². The molecule has 136 valence electrons. The molecule has 2 aromatic carbocycles. The van der Waals surface area contributed by atoms with Crippen LogP contribution in [0.3, 0.4) is 0 Å². The summed E-state index contributed by atoms with van der Waals surface area (Å²) in [4.78, 5) is 14.8. The molecule has 0 amide bonds. The van der Waals surface area contributed by atoms with Crippen LogP contribution in [0.4, 0.5) is 14.5 Å². The minimum absolute atomic E-state index is 0.0122. The van der Waals surface area contributed by atoms with Crippen LogP contribution in [-0.4, -0.2) is 31.0 Å². The molecule has 0 spiro atoms. The molecule has 0 saturated heterocycles. The van der Waals surface area contributed by atoms with E-state index in [1.165, 1.54) is 19.4 Å². The Kier molecular flexibility index (Phi) is 6.43. The monoisotopic (exact) mass is 361 g/mol. The number of carboxylic acids is 1. The number of carbonyl (C=O) groups is 1. The van der Waals surface area contributed by atoms with Crippen LogP contribution in [0.1, 0.15) is 11.1 Å². The second-order valence-electron chi connectivity index (χ2n) is 5.24. The van der Waals surface area contributed by atoms with E-state index in [9.17, 15) is 13.6 Å². The first-order chi connectivity index (χ1) is 12.4. The Morgan fingerprint density at radius 2 is 2.08 bits per heavy atom. The van der Waals surface area contributed by atoms with Crippen molar-refractivity contribution in [2.24, 2.45) is 4.99 Å². The van der Waals surface area contributed by atoms with Gasteiger partial charge in [0.05, 0.1) is 12.8 Å². The van der Waals surface area contributed by atoms with Gasteiger partial charge in [-0.15, -0.1) is 6.58 Å². The van der Waals surface area contributed by atoms with Crippen molar-refractivity contribution in [3.8, 4) is 11.5 Å². The van der Waals surface area contributed by atoms with E-state index in [0.717, 1.165) is 12.1 Å². The molecule has 1 N–H and O–H groups in total. The fraction of sp³-hybridized carbons (Fsp3) is 0.158. The third kappa shape index (κ3) is 4.89. The smallest absolute Gasteiger partial charge is 0.341 e. The SMILES string of the molecule is C=CCc1cc(C=Nc2ccc(F)cc2F)cc(OC)c1OCC(=O)O. The van der Waals surface area contributed by atoms with E-state index >= 15 is 0 Å². The normalized spacial score (nSPS) is 10.7. The van der Waals surface area contributed by atoms with Gasteiger partial charge in [0.15, 0.2) is 23.9 Å². The highest BCUT2D eigenvalue weighted by atomic mass is 19.1. The standard InChI is InChI=1S/C19H17F2NO4/c1-3-4-13-7-12(8-17(25-2)19(13)26-11-18(23)24)10-22-16-6-5-14(20)9-15(16)21/h3,5-10H,1,4,11H2,2H3,(H,23,24). The van der Waals surface area contributed by atoms with Gasteiger partial charge in [0.2, 0.25) is 0 Å². The van der Waals surface area contributed by atoms with Crippen LogP contribution in [-0.2, 0) is 11.2 Å². The van der Waals surface area contributed by atoms with Gasteiger partial charge in [0, 0.05) is 17.8 Å². The summed E-state index contributed by atoms with van der Waals surface area (Å²) in [7, 11) is 1.42. The van der Waals surface area contributed by atoms with E-state index in [0.29, 0.717) is 29.0 Å². The van der Waals surface area contributed by atoms with Crippen molar-refractivity contribution in [3.63, 3.8) is 0 Å². The van der Waals surface area contributed by atoms with Gasteiger partial charge < -0.3 is 14.6 Å². The van der Waals surface area contributed by atoms with Gasteiger partial charge in [-0.2, -0.15) is 0 Å². The Balaban J connectivity index is 2.39. The van der Waals surface area contributed by atoms with Crippen molar-refractivity contribution in [2.75, 3.05) is 13.7 Å². The zero-order chi connectivity index (χ0) is 19.1. The number of nitrogens with zero attached hydrogens (tertiary/aromatic N) is 1. The van der Waals surface area contributed by atoms with Crippen molar-refractivity contribution in [2.45, 2.75) is 6.42 Å². The first kappa shape index (κ1) is 19.1. The zero-order valence-electron chi connectivity index (χ0n) is 14.0. The lowest BCUT2D eigenvalue weighted by molar-refractivity contribution is -0.139. The number of halogens is 2. The molecular formula is C19H17F2NO4. The highest BCUT2D eigenvalue weighted by Gasteiger charge is 2.14. The Bertz CT molecular complexity index is 850. The summed E-state index contributed by atoms with van der Waals surface area (Å²) in [5.41, 5.74) is 1.20. The predicted molar refractivity (Wildman–Crippen MR) is 93.6 cm³/mol. The van der Waals surface area contributed by atoms with Gasteiger partial charge in [-0.25, -0.2) is 13.6 Å². The Morgan fingerprint density at radius 1 is 1.31 bits per heavy atom. The number of methoxy groups -OCH3 is 1. The van der Waals surface area contributed by atoms with Crippen LogP contribution in [0, 0.1) is 11.6 Å². The number of allylic oxidation sites excluding steroid dienone is 1. The number of ether oxygens (including phenoxy) is 2. The number of hydrogen-bond acceptors (Lipinski definition) is 4. The third-order valence-corrected chi connectivity index (χ3v) is 3.34. The predicted octanol–water partition coefficient (Wildman–Crippen LogP) is 3.92. The van der Waals surface area contributed by atoms with Crippen molar-refractivity contribution < 1.29 is 28.2 Å². The third-order valence-electron chi connectivity index (χ3n) is 3.34. The van der Waals surface area contributed by atoms with Crippen LogP contribution < -0.4 is 9.47 Å². The average Bonchev–Trinajstić information content (AvgIpc) is 2.59. The fourth-order valence-electron chi connectivity index (χ4n) is 2.24. The van der Waals surface area contributed by atoms with E-state index in [-0.39, 0.29) is 5.69 Å². The lowest BCUT2D eigenvalue weighted by Crippen LogP contribution is -2.11. The lowest BCUT2D eigenvalue weighted by Gasteiger charge is -2.14. The largest absolute Gasteiger partial charge is 0.493 e. The number of benzene rings is 2. The molecule has 26 heavy (non-hydrogen) atoms. The van der Waals surface area contributed by atoms with Gasteiger partial charge in [0.25, 0.3) is 0 Å². The molecule has 5 nitrogen and oxygen atoms in total. The summed E-state index contributed by atoms with van der Waals surface area (Å²) >= 11 is 0. The summed E-state index contributed by atoms with van der Waals surface area (Å²) < 4.78 is 37.2. The molecule has 0 heterocycles. The molecule has 0 aliphatic carbocycles. The number of aliphatic imine (C=N–C) groups is 1. The van der Waals surface area contributed by atoms with E-state index in [1.807, 2.05) is 0 Å². The van der Waals surface area contributed by atoms with E-state index in [2.05, 4.69) is 11.6 Å². The second kappa shape index (κ2) is 8.75. The summed E-state index contributed by atoms with van der Waals surface area (Å²) in [6.07, 6.45) is 3.42. The quantitative estimate of drug-likeness (QED) is 0.572. The highest BCUT2D eigenvalue weighted by molar-refractivity contribution is 5.84. The number of rotatable bonds is 8. The molecular weight excluding hydrogens is 344 g/mol. The van der Waals surface area contributed by atoms with Crippen LogP contribution in [0.15, 0.2) is 48.0 Å². The maximum absolute atomic E-state index is 13.7. The van der Waals surface area contributed by atoms with Gasteiger partial charge >= 0.3 is 5.97 Å². The minimum Gasteiger partial charge on any atom is -0.493 e. The van der Waals surface area contributed by atoms with Gasteiger partial charge in [0.1, 0.15) is 5.82 Å². The van der Waals surface area contributed by atoms with Crippen LogP contribution in [0.25, 0.3) is 0 Å². The van der Waals surface area contributed by atoms with Crippen LogP contribution in [0.5, 0.6) is 11.5 Å². The topological polar surface area (TPSA) is 68.1 Å². The molecule has 0 aromatic heterocycles. The molecule has 2 rings (SSSR count). The highest BCUT2D eigenvalue weighted by Crippen LogP contribution is 2.33. The van der Waals surface area contributed by atoms with Crippen molar-refractivity contribution in [1.82, 2.24) is 0 Å². The van der Waals surface area contributed by atoms with Gasteiger partial charge in [-0.1, -0.05) is 6.08 Å². The molecule has 0 unspecified atom stereocenters. The van der Waals surface area contributed by atoms with E-state index in [4.69, 9.17) is 14.6 Å². The Hall–Kier alpha value is -3.22. The molecule has 0 aliphatic heterocycles. The van der Waals surface area contributed by atoms with Crippen LogP contribution in [0.2, 0.25) is 0 Å². The molecule has 7 heteroatoms. The van der Waals surface area contributed by atoms with Crippen LogP contribution >= 0.6 is 0 Å². The van der Waals surface area contributed by atoms with Gasteiger partial charge in [-0.05, 0) is 36.2 Å².